The molecule has 1 aromatic carbocycles. The van der Waals surface area contributed by atoms with Gasteiger partial charge in [-0.05, 0) is 29.9 Å². The summed E-state index contributed by atoms with van der Waals surface area (Å²) >= 11 is 7.15. The van der Waals surface area contributed by atoms with E-state index >= 15 is 0 Å². The summed E-state index contributed by atoms with van der Waals surface area (Å²) in [5, 5.41) is 15.6. The molecule has 0 aromatic heterocycles. The maximum absolute atomic E-state index is 8.61. The Balaban J connectivity index is 2.30. The summed E-state index contributed by atoms with van der Waals surface area (Å²) in [4.78, 5) is 0. The summed E-state index contributed by atoms with van der Waals surface area (Å²) in [5.41, 5.74) is 1.95. The van der Waals surface area contributed by atoms with Crippen LogP contribution in [0.15, 0.2) is 24.3 Å². The Labute approximate surface area is 131 Å². The fourth-order valence-electron chi connectivity index (χ4n) is 1.49. The predicted octanol–water partition coefficient (Wildman–Crippen LogP) is 3.57. The highest BCUT2D eigenvalue weighted by Crippen LogP contribution is 2.22. The van der Waals surface area contributed by atoms with Gasteiger partial charge in [-0.2, -0.15) is 17.0 Å². The highest BCUT2D eigenvalue weighted by atomic mass is 32.2. The minimum absolute atomic E-state index is 0.285. The van der Waals surface area contributed by atoms with Crippen LogP contribution in [-0.2, 0) is 6.42 Å². The molecular weight excluding hydrogens is 286 g/mol. The van der Waals surface area contributed by atoms with Crippen LogP contribution in [0, 0.1) is 11.3 Å². The van der Waals surface area contributed by atoms with Crippen molar-refractivity contribution in [3.8, 4) is 6.07 Å². The Morgan fingerprint density at radius 2 is 1.95 bits per heavy atom. The van der Waals surface area contributed by atoms with Crippen LogP contribution in [0.3, 0.4) is 0 Å². The first-order valence-corrected chi connectivity index (χ1v) is 7.95. The maximum atomic E-state index is 8.61. The van der Waals surface area contributed by atoms with Crippen LogP contribution in [-0.4, -0.2) is 22.2 Å². The zero-order chi connectivity index (χ0) is 15.0. The average Bonchev–Trinajstić information content (AvgIpc) is 2.36. The zero-order valence-corrected chi connectivity index (χ0v) is 13.8. The van der Waals surface area contributed by atoms with Crippen molar-refractivity contribution in [2.24, 2.45) is 0 Å². The number of hydrogen-bond donors (Lipinski definition) is 2. The molecule has 108 valence electrons. The molecule has 0 aliphatic heterocycles. The third-order valence-electron chi connectivity index (χ3n) is 2.42. The highest BCUT2D eigenvalue weighted by molar-refractivity contribution is 8.00. The molecule has 0 aliphatic rings. The van der Waals surface area contributed by atoms with Gasteiger partial charge in [0.25, 0.3) is 0 Å². The Kier molecular flexibility index (Phi) is 6.83. The van der Waals surface area contributed by atoms with Crippen LogP contribution in [0.25, 0.3) is 0 Å². The molecule has 0 atom stereocenters. The van der Waals surface area contributed by atoms with Gasteiger partial charge in [-0.25, -0.2) is 0 Å². The van der Waals surface area contributed by atoms with Crippen LogP contribution < -0.4 is 10.6 Å². The second kappa shape index (κ2) is 8.13. The zero-order valence-electron chi connectivity index (χ0n) is 12.2. The molecule has 0 fully saturated rings. The van der Waals surface area contributed by atoms with Crippen molar-refractivity contribution in [2.75, 3.05) is 17.6 Å². The first-order valence-electron chi connectivity index (χ1n) is 6.55. The molecule has 0 aliphatic carbocycles. The number of rotatable bonds is 5. The minimum atomic E-state index is 0.285. The standard InChI is InChI=1S/C15H21N3S2/c1-15(2,3)20-11-10-17-14(19)18-13-6-4-12(5-7-13)8-9-16/h4-7H,8,10-11H2,1-3H3,(H2,17,18,19). The van der Waals surface area contributed by atoms with Crippen molar-refractivity contribution in [1.29, 1.82) is 5.26 Å². The first-order chi connectivity index (χ1) is 9.40. The first kappa shape index (κ1) is 16.8. The summed E-state index contributed by atoms with van der Waals surface area (Å²) < 4.78 is 0.285. The Morgan fingerprint density at radius 1 is 1.30 bits per heavy atom. The summed E-state index contributed by atoms with van der Waals surface area (Å²) in [6.07, 6.45) is 0.438. The summed E-state index contributed by atoms with van der Waals surface area (Å²) in [6.45, 7) is 7.46. The lowest BCUT2D eigenvalue weighted by Gasteiger charge is -2.18. The van der Waals surface area contributed by atoms with Crippen molar-refractivity contribution in [2.45, 2.75) is 31.9 Å². The molecule has 0 spiro atoms. The minimum Gasteiger partial charge on any atom is -0.362 e. The molecule has 2 N–H and O–H groups in total. The number of thiocarbonyl (C=S) groups is 1. The number of benzene rings is 1. The van der Waals surface area contributed by atoms with E-state index in [4.69, 9.17) is 17.5 Å². The van der Waals surface area contributed by atoms with E-state index in [1.165, 1.54) is 0 Å². The highest BCUT2D eigenvalue weighted by Gasteiger charge is 2.09. The summed E-state index contributed by atoms with van der Waals surface area (Å²) in [5.74, 6) is 1.02. The van der Waals surface area contributed by atoms with Gasteiger partial charge in [0.05, 0.1) is 12.5 Å². The van der Waals surface area contributed by atoms with Crippen LogP contribution in [0.5, 0.6) is 0 Å². The topological polar surface area (TPSA) is 47.8 Å². The van der Waals surface area contributed by atoms with Crippen LogP contribution >= 0.6 is 24.0 Å². The molecule has 0 amide bonds. The third-order valence-corrected chi connectivity index (χ3v) is 3.94. The van der Waals surface area contributed by atoms with Gasteiger partial charge in [0, 0.05) is 22.7 Å². The second-order valence-corrected chi connectivity index (χ2v) is 7.70. The molecule has 0 unspecified atom stereocenters. The number of thioether (sulfide) groups is 1. The second-order valence-electron chi connectivity index (χ2n) is 5.37. The molecule has 0 bridgehead atoms. The van der Waals surface area contributed by atoms with Crippen molar-refractivity contribution >= 4 is 34.8 Å². The molecule has 5 heteroatoms. The molecule has 0 saturated heterocycles. The van der Waals surface area contributed by atoms with Crippen LogP contribution in [0.4, 0.5) is 5.69 Å². The van der Waals surface area contributed by atoms with E-state index in [1.807, 2.05) is 36.0 Å². The SMILES string of the molecule is CC(C)(C)SCCNC(=S)Nc1ccc(CC#N)cc1. The largest absolute Gasteiger partial charge is 0.362 e. The van der Waals surface area contributed by atoms with Gasteiger partial charge >= 0.3 is 0 Å². The number of nitrogens with one attached hydrogen (secondary N) is 2. The molecular formula is C15H21N3S2. The van der Waals surface area contributed by atoms with Gasteiger partial charge in [0.1, 0.15) is 0 Å². The van der Waals surface area contributed by atoms with E-state index in [0.29, 0.717) is 11.5 Å². The number of nitrogens with zero attached hydrogens (tertiary/aromatic N) is 1. The molecule has 1 rings (SSSR count). The van der Waals surface area contributed by atoms with Gasteiger partial charge in [-0.1, -0.05) is 32.9 Å². The van der Waals surface area contributed by atoms with Crippen molar-refractivity contribution in [1.82, 2.24) is 5.32 Å². The number of nitriles is 1. The van der Waals surface area contributed by atoms with E-state index in [-0.39, 0.29) is 4.75 Å². The Morgan fingerprint density at radius 3 is 2.50 bits per heavy atom. The number of anilines is 1. The lowest BCUT2D eigenvalue weighted by Crippen LogP contribution is -2.30. The van der Waals surface area contributed by atoms with Gasteiger partial charge in [-0.15, -0.1) is 0 Å². The third kappa shape index (κ3) is 7.37. The lowest BCUT2D eigenvalue weighted by molar-refractivity contribution is 0.800. The fourth-order valence-corrected chi connectivity index (χ4v) is 2.53. The number of hydrogen-bond acceptors (Lipinski definition) is 3. The molecule has 0 heterocycles. The van der Waals surface area contributed by atoms with Crippen LogP contribution in [0.1, 0.15) is 26.3 Å². The van der Waals surface area contributed by atoms with Crippen molar-refractivity contribution in [3.63, 3.8) is 0 Å². The quantitative estimate of drug-likeness (QED) is 0.643. The monoisotopic (exact) mass is 307 g/mol. The predicted molar refractivity (Wildman–Crippen MR) is 92.2 cm³/mol. The molecule has 1 aromatic rings. The Hall–Kier alpha value is -1.25. The molecule has 0 saturated carbocycles. The Bertz CT molecular complexity index is 469. The fraction of sp³-hybridized carbons (Fsp3) is 0.467. The summed E-state index contributed by atoms with van der Waals surface area (Å²) in [6, 6.07) is 9.87. The van der Waals surface area contributed by atoms with Gasteiger partial charge < -0.3 is 10.6 Å². The lowest BCUT2D eigenvalue weighted by atomic mass is 10.1. The van der Waals surface area contributed by atoms with Crippen LogP contribution in [0.2, 0.25) is 0 Å². The van der Waals surface area contributed by atoms with Gasteiger partial charge in [-0.3, -0.25) is 0 Å². The molecule has 3 nitrogen and oxygen atoms in total. The van der Waals surface area contributed by atoms with Gasteiger partial charge in [0.15, 0.2) is 5.11 Å². The van der Waals surface area contributed by atoms with E-state index in [9.17, 15) is 0 Å². The van der Waals surface area contributed by atoms with E-state index in [0.717, 1.165) is 23.5 Å². The smallest absolute Gasteiger partial charge is 0.170 e. The average molecular weight is 307 g/mol. The van der Waals surface area contributed by atoms with E-state index < -0.39 is 0 Å². The van der Waals surface area contributed by atoms with Crippen molar-refractivity contribution < 1.29 is 0 Å². The van der Waals surface area contributed by atoms with E-state index in [2.05, 4.69) is 37.5 Å². The normalized spacial score (nSPS) is 10.7. The van der Waals surface area contributed by atoms with Crippen molar-refractivity contribution in [3.05, 3.63) is 29.8 Å². The van der Waals surface area contributed by atoms with Gasteiger partial charge in [0.2, 0.25) is 0 Å². The maximum Gasteiger partial charge on any atom is 0.170 e. The van der Waals surface area contributed by atoms with E-state index in [1.54, 1.807) is 0 Å². The molecule has 0 radical (unpaired) electrons. The molecule has 20 heavy (non-hydrogen) atoms. The summed E-state index contributed by atoms with van der Waals surface area (Å²) in [7, 11) is 0.